The number of rotatable bonds is 8. The number of hydrogen-bond donors (Lipinski definition) is 3. The fraction of sp³-hybridized carbons (Fsp3) is 0.300. The number of thiazole rings is 1. The molecule has 0 radical (unpaired) electrons. The van der Waals surface area contributed by atoms with Gasteiger partial charge in [0.1, 0.15) is 23.0 Å². The Kier molecular flexibility index (Phi) is 5.88. The largest absolute Gasteiger partial charge is 0.396 e. The molecule has 9 nitrogen and oxygen atoms in total. The van der Waals surface area contributed by atoms with E-state index in [1.165, 1.54) is 0 Å². The lowest BCUT2D eigenvalue weighted by molar-refractivity contribution is 0.0951. The minimum absolute atomic E-state index is 0.0389. The molecule has 0 aliphatic carbocycles. The second-order valence-corrected chi connectivity index (χ2v) is 7.85. The summed E-state index contributed by atoms with van der Waals surface area (Å²) < 4.78 is 3.45. The predicted molar refractivity (Wildman–Crippen MR) is 112 cm³/mol. The molecule has 3 N–H and O–H groups in total. The lowest BCUT2D eigenvalue weighted by Gasteiger charge is -2.09. The number of nitrogens with zero attached hydrogens (tertiary/aromatic N) is 5. The number of aromatic nitrogens is 5. The maximum atomic E-state index is 12.1. The molecule has 4 rings (SSSR count). The van der Waals surface area contributed by atoms with Crippen molar-refractivity contribution in [3.63, 3.8) is 0 Å². The Morgan fingerprint density at radius 1 is 1.30 bits per heavy atom. The van der Waals surface area contributed by atoms with Crippen LogP contribution in [0.15, 0.2) is 43.0 Å². The van der Waals surface area contributed by atoms with Crippen molar-refractivity contribution in [3.8, 4) is 5.69 Å². The second kappa shape index (κ2) is 8.74. The van der Waals surface area contributed by atoms with Crippen LogP contribution in [0.4, 0.5) is 0 Å². The highest BCUT2D eigenvalue weighted by Gasteiger charge is 2.23. The third-order valence-corrected chi connectivity index (χ3v) is 6.02. The fourth-order valence-corrected chi connectivity index (χ4v) is 4.28. The number of nitrogens with one attached hydrogen (secondary N) is 1. The highest BCUT2D eigenvalue weighted by atomic mass is 32.1. The highest BCUT2D eigenvalue weighted by molar-refractivity contribution is 7.17. The summed E-state index contributed by atoms with van der Waals surface area (Å²) in [5, 5.41) is 30.8. The minimum atomic E-state index is -0.923. The molecule has 3 heterocycles. The van der Waals surface area contributed by atoms with Gasteiger partial charge in [-0.1, -0.05) is 12.1 Å². The number of amides is 1. The molecule has 1 atom stereocenters. The van der Waals surface area contributed by atoms with Gasteiger partial charge >= 0.3 is 0 Å². The summed E-state index contributed by atoms with van der Waals surface area (Å²) in [5.74, 6) is -0.196. The molecule has 0 spiro atoms. The maximum Gasteiger partial charge on any atom is 0.251 e. The summed E-state index contributed by atoms with van der Waals surface area (Å²) in [6.45, 7) is 2.51. The van der Waals surface area contributed by atoms with Crippen molar-refractivity contribution in [1.82, 2.24) is 29.7 Å². The van der Waals surface area contributed by atoms with Gasteiger partial charge in [0.15, 0.2) is 0 Å². The van der Waals surface area contributed by atoms with Gasteiger partial charge in [-0.3, -0.25) is 9.20 Å². The van der Waals surface area contributed by atoms with E-state index in [0.717, 1.165) is 27.5 Å². The number of imidazole rings is 1. The number of fused-ring (bicyclic) bond motifs is 1. The predicted octanol–water partition coefficient (Wildman–Crippen LogP) is 1.73. The zero-order chi connectivity index (χ0) is 21.1. The first-order chi connectivity index (χ1) is 14.6. The van der Waals surface area contributed by atoms with Crippen LogP contribution in [-0.4, -0.2) is 53.7 Å². The summed E-state index contributed by atoms with van der Waals surface area (Å²) in [7, 11) is 0. The summed E-state index contributed by atoms with van der Waals surface area (Å²) in [6.07, 6.45) is 5.54. The van der Waals surface area contributed by atoms with Crippen LogP contribution in [0.2, 0.25) is 0 Å². The number of hydrogen-bond acceptors (Lipinski definition) is 7. The van der Waals surface area contributed by atoms with Crippen molar-refractivity contribution in [2.45, 2.75) is 25.9 Å². The Morgan fingerprint density at radius 2 is 2.10 bits per heavy atom. The number of carbonyl (C=O) groups is 1. The van der Waals surface area contributed by atoms with E-state index >= 15 is 0 Å². The first-order valence-electron chi connectivity index (χ1n) is 9.65. The van der Waals surface area contributed by atoms with E-state index in [0.29, 0.717) is 24.2 Å². The normalized spacial score (nSPS) is 12.4. The Morgan fingerprint density at radius 3 is 2.83 bits per heavy atom. The standard InChI is InChI=1S/C20H22N6O3S/c1-2-16-18(25-12-21-10-17(25)30-16)19(28)15-11-26(24-23-15)14-6-4-13(5-7-14)20(29)22-8-3-9-27/h4-7,10-12,19,27-28H,2-3,8-9H2,1H3,(H,22,29). The van der Waals surface area contributed by atoms with E-state index < -0.39 is 6.10 Å². The smallest absolute Gasteiger partial charge is 0.251 e. The minimum Gasteiger partial charge on any atom is -0.396 e. The van der Waals surface area contributed by atoms with Crippen molar-refractivity contribution >= 4 is 22.1 Å². The number of benzene rings is 1. The molecule has 1 amide bonds. The van der Waals surface area contributed by atoms with Gasteiger partial charge in [0, 0.05) is 23.6 Å². The van der Waals surface area contributed by atoms with Crippen molar-refractivity contribution in [3.05, 3.63) is 64.8 Å². The number of aliphatic hydroxyl groups excluding tert-OH is 2. The van der Waals surface area contributed by atoms with Crippen LogP contribution in [0, 0.1) is 0 Å². The molecule has 1 aromatic carbocycles. The van der Waals surface area contributed by atoms with Gasteiger partial charge in [0.2, 0.25) is 0 Å². The molecule has 0 saturated carbocycles. The topological polar surface area (TPSA) is 118 Å². The van der Waals surface area contributed by atoms with E-state index in [2.05, 4.69) is 20.6 Å². The van der Waals surface area contributed by atoms with Crippen LogP contribution >= 0.6 is 11.3 Å². The van der Waals surface area contributed by atoms with E-state index in [4.69, 9.17) is 5.11 Å². The molecule has 3 aromatic heterocycles. The first kappa shape index (κ1) is 20.2. The Labute approximate surface area is 176 Å². The van der Waals surface area contributed by atoms with Crippen molar-refractivity contribution in [1.29, 1.82) is 0 Å². The second-order valence-electron chi connectivity index (χ2n) is 6.74. The Balaban J connectivity index is 1.54. The lowest BCUT2D eigenvalue weighted by atomic mass is 10.1. The average Bonchev–Trinajstić information content (AvgIpc) is 3.49. The monoisotopic (exact) mass is 426 g/mol. The highest BCUT2D eigenvalue weighted by Crippen LogP contribution is 2.31. The Bertz CT molecular complexity index is 1150. The summed E-state index contributed by atoms with van der Waals surface area (Å²) in [5.41, 5.74) is 2.44. The molecule has 0 aliphatic rings. The molecule has 0 fully saturated rings. The third-order valence-electron chi connectivity index (χ3n) is 4.76. The summed E-state index contributed by atoms with van der Waals surface area (Å²) >= 11 is 1.60. The molecular weight excluding hydrogens is 404 g/mol. The molecule has 10 heteroatoms. The molecule has 0 aliphatic heterocycles. The zero-order valence-electron chi connectivity index (χ0n) is 16.4. The molecule has 156 valence electrons. The molecule has 0 saturated heterocycles. The van der Waals surface area contributed by atoms with Crippen molar-refractivity contribution < 1.29 is 15.0 Å². The van der Waals surface area contributed by atoms with Gasteiger partial charge in [-0.2, -0.15) is 0 Å². The van der Waals surface area contributed by atoms with E-state index in [-0.39, 0.29) is 12.5 Å². The maximum absolute atomic E-state index is 12.1. The Hall–Kier alpha value is -3.08. The van der Waals surface area contributed by atoms with Crippen LogP contribution < -0.4 is 5.32 Å². The summed E-state index contributed by atoms with van der Waals surface area (Å²) in [6, 6.07) is 6.93. The van der Waals surface area contributed by atoms with Gasteiger partial charge in [-0.25, -0.2) is 9.67 Å². The van der Waals surface area contributed by atoms with Gasteiger partial charge in [0.25, 0.3) is 5.91 Å². The van der Waals surface area contributed by atoms with Gasteiger partial charge in [-0.15, -0.1) is 16.4 Å². The lowest BCUT2D eigenvalue weighted by Crippen LogP contribution is -2.24. The van der Waals surface area contributed by atoms with E-state index in [9.17, 15) is 9.90 Å². The van der Waals surface area contributed by atoms with Crippen LogP contribution in [0.25, 0.3) is 10.5 Å². The van der Waals surface area contributed by atoms with Crippen LogP contribution in [-0.2, 0) is 6.42 Å². The van der Waals surface area contributed by atoms with Gasteiger partial charge in [0.05, 0.1) is 23.8 Å². The molecule has 4 aromatic rings. The number of aryl methyl sites for hydroxylation is 1. The van der Waals surface area contributed by atoms with Crippen LogP contribution in [0.3, 0.4) is 0 Å². The van der Waals surface area contributed by atoms with Crippen molar-refractivity contribution in [2.24, 2.45) is 0 Å². The SMILES string of the molecule is CCc1sc2cncn2c1C(O)c1cn(-c2ccc(C(=O)NCCCO)cc2)nn1. The third kappa shape index (κ3) is 3.84. The summed E-state index contributed by atoms with van der Waals surface area (Å²) in [4.78, 5) is 18.3. The van der Waals surface area contributed by atoms with E-state index in [1.807, 2.05) is 11.3 Å². The zero-order valence-corrected chi connectivity index (χ0v) is 17.2. The quantitative estimate of drug-likeness (QED) is 0.370. The molecule has 1 unspecified atom stereocenters. The van der Waals surface area contributed by atoms with Gasteiger partial charge < -0.3 is 15.5 Å². The van der Waals surface area contributed by atoms with Crippen LogP contribution in [0.1, 0.15) is 46.1 Å². The average molecular weight is 427 g/mol. The van der Waals surface area contributed by atoms with Crippen molar-refractivity contribution in [2.75, 3.05) is 13.2 Å². The van der Waals surface area contributed by atoms with Gasteiger partial charge in [-0.05, 0) is 37.1 Å². The number of aliphatic hydroxyl groups is 2. The van der Waals surface area contributed by atoms with E-state index in [1.54, 1.807) is 59.0 Å². The van der Waals surface area contributed by atoms with Crippen LogP contribution in [0.5, 0.6) is 0 Å². The molecular formula is C20H22N6O3S. The molecule has 30 heavy (non-hydrogen) atoms. The number of carbonyl (C=O) groups excluding carboxylic acids is 1. The first-order valence-corrected chi connectivity index (χ1v) is 10.5. The molecule has 0 bridgehead atoms. The fourth-order valence-electron chi connectivity index (χ4n) is 3.21.